The first-order valence-electron chi connectivity index (χ1n) is 10.4. The summed E-state index contributed by atoms with van der Waals surface area (Å²) in [7, 11) is 0. The SMILES string of the molecule is Cc1cccc(OCCCCOc2ccc3c(c2)C(CC(=O)O)c2ccccc2-3)c1. The fourth-order valence-corrected chi connectivity index (χ4v) is 4.06. The Morgan fingerprint density at radius 2 is 1.53 bits per heavy atom. The molecule has 0 saturated heterocycles. The van der Waals surface area contributed by atoms with E-state index in [9.17, 15) is 9.90 Å². The highest BCUT2D eigenvalue weighted by Gasteiger charge is 2.30. The van der Waals surface area contributed by atoms with Gasteiger partial charge in [0.15, 0.2) is 0 Å². The van der Waals surface area contributed by atoms with E-state index in [2.05, 4.69) is 19.1 Å². The minimum absolute atomic E-state index is 0.0871. The van der Waals surface area contributed by atoms with Gasteiger partial charge in [-0.2, -0.15) is 0 Å². The quantitative estimate of drug-likeness (QED) is 0.458. The third kappa shape index (κ3) is 4.48. The lowest BCUT2D eigenvalue weighted by molar-refractivity contribution is -0.137. The van der Waals surface area contributed by atoms with E-state index in [4.69, 9.17) is 9.47 Å². The van der Waals surface area contributed by atoms with Gasteiger partial charge in [-0.05, 0) is 71.8 Å². The Bertz CT molecular complexity index is 1040. The number of ether oxygens (including phenoxy) is 2. The lowest BCUT2D eigenvalue weighted by Gasteiger charge is -2.13. The summed E-state index contributed by atoms with van der Waals surface area (Å²) in [5, 5.41) is 9.37. The number of carbonyl (C=O) groups is 1. The van der Waals surface area contributed by atoms with Crippen LogP contribution in [0.5, 0.6) is 11.5 Å². The number of aliphatic carboxylic acids is 1. The summed E-state index contributed by atoms with van der Waals surface area (Å²) in [5.74, 6) is 0.776. The van der Waals surface area contributed by atoms with E-state index in [0.717, 1.165) is 46.6 Å². The first kappa shape index (κ1) is 20.0. The fraction of sp³-hybridized carbons (Fsp3) is 0.269. The number of carboxylic acid groups (broad SMARTS) is 1. The molecule has 0 bridgehead atoms. The van der Waals surface area contributed by atoms with Crippen LogP contribution >= 0.6 is 0 Å². The molecule has 0 saturated carbocycles. The molecule has 4 nitrogen and oxygen atoms in total. The Morgan fingerprint density at radius 1 is 0.833 bits per heavy atom. The number of aryl methyl sites for hydroxylation is 1. The molecule has 0 aliphatic heterocycles. The molecule has 0 spiro atoms. The molecule has 4 heteroatoms. The van der Waals surface area contributed by atoms with Crippen LogP contribution in [0.1, 0.15) is 41.9 Å². The zero-order chi connectivity index (χ0) is 20.9. The molecule has 4 rings (SSSR count). The second-order valence-corrected chi connectivity index (χ2v) is 7.71. The van der Waals surface area contributed by atoms with E-state index < -0.39 is 5.97 Å². The minimum Gasteiger partial charge on any atom is -0.494 e. The molecule has 154 valence electrons. The summed E-state index contributed by atoms with van der Waals surface area (Å²) in [5.41, 5.74) is 5.55. The summed E-state index contributed by atoms with van der Waals surface area (Å²) in [6, 6.07) is 22.1. The van der Waals surface area contributed by atoms with Crippen molar-refractivity contribution >= 4 is 5.97 Å². The topological polar surface area (TPSA) is 55.8 Å². The van der Waals surface area contributed by atoms with Crippen LogP contribution < -0.4 is 9.47 Å². The van der Waals surface area contributed by atoms with Gasteiger partial charge in [-0.15, -0.1) is 0 Å². The number of unbranched alkanes of at least 4 members (excludes halogenated alkanes) is 1. The highest BCUT2D eigenvalue weighted by molar-refractivity contribution is 5.82. The normalized spacial score (nSPS) is 14.1. The smallest absolute Gasteiger partial charge is 0.304 e. The van der Waals surface area contributed by atoms with Crippen molar-refractivity contribution in [3.05, 3.63) is 83.4 Å². The van der Waals surface area contributed by atoms with E-state index in [1.807, 2.05) is 54.6 Å². The molecule has 0 fully saturated rings. The Morgan fingerprint density at radius 3 is 2.27 bits per heavy atom. The van der Waals surface area contributed by atoms with Gasteiger partial charge in [-0.3, -0.25) is 4.79 Å². The molecule has 1 unspecified atom stereocenters. The highest BCUT2D eigenvalue weighted by Crippen LogP contribution is 2.47. The van der Waals surface area contributed by atoms with E-state index in [0.29, 0.717) is 13.2 Å². The predicted octanol–water partition coefficient (Wildman–Crippen LogP) is 5.82. The van der Waals surface area contributed by atoms with Crippen LogP contribution in [0.25, 0.3) is 11.1 Å². The minimum atomic E-state index is -0.789. The molecule has 0 heterocycles. The predicted molar refractivity (Wildman–Crippen MR) is 117 cm³/mol. The molecule has 1 N–H and O–H groups in total. The number of carboxylic acids is 1. The lowest BCUT2D eigenvalue weighted by atomic mass is 9.93. The number of fused-ring (bicyclic) bond motifs is 3. The maximum Gasteiger partial charge on any atom is 0.304 e. The van der Waals surface area contributed by atoms with Crippen molar-refractivity contribution in [2.75, 3.05) is 13.2 Å². The third-order valence-electron chi connectivity index (χ3n) is 5.47. The lowest BCUT2D eigenvalue weighted by Crippen LogP contribution is -2.06. The molecule has 30 heavy (non-hydrogen) atoms. The Labute approximate surface area is 177 Å². The van der Waals surface area contributed by atoms with E-state index in [-0.39, 0.29) is 12.3 Å². The molecule has 0 aromatic heterocycles. The van der Waals surface area contributed by atoms with Crippen LogP contribution in [0, 0.1) is 6.92 Å². The summed E-state index contributed by atoms with van der Waals surface area (Å²) in [6.07, 6.45) is 1.89. The number of benzene rings is 3. The van der Waals surface area contributed by atoms with Gasteiger partial charge in [-0.1, -0.05) is 42.5 Å². The summed E-state index contributed by atoms with van der Waals surface area (Å²) in [4.78, 5) is 11.4. The van der Waals surface area contributed by atoms with E-state index in [1.54, 1.807) is 0 Å². The van der Waals surface area contributed by atoms with Gasteiger partial charge in [0.1, 0.15) is 11.5 Å². The van der Waals surface area contributed by atoms with Crippen molar-refractivity contribution in [2.45, 2.75) is 32.1 Å². The molecular weight excluding hydrogens is 376 g/mol. The van der Waals surface area contributed by atoms with Gasteiger partial charge in [0.25, 0.3) is 0 Å². The summed E-state index contributed by atoms with van der Waals surface area (Å²) < 4.78 is 11.7. The van der Waals surface area contributed by atoms with Gasteiger partial charge in [0, 0.05) is 5.92 Å². The maximum atomic E-state index is 11.4. The third-order valence-corrected chi connectivity index (χ3v) is 5.47. The summed E-state index contributed by atoms with van der Waals surface area (Å²) >= 11 is 0. The first-order chi connectivity index (χ1) is 14.6. The second-order valence-electron chi connectivity index (χ2n) is 7.71. The largest absolute Gasteiger partial charge is 0.494 e. The molecule has 0 amide bonds. The standard InChI is InChI=1S/C26H26O4/c1-18-7-6-8-19(15-18)29-13-4-5-14-30-20-11-12-23-21-9-2-3-10-22(21)25(17-26(27)28)24(23)16-20/h2-3,6-12,15-16,25H,4-5,13-14,17H2,1H3,(H,27,28). The molecule has 1 aliphatic carbocycles. The van der Waals surface area contributed by atoms with Gasteiger partial charge in [0.2, 0.25) is 0 Å². The maximum absolute atomic E-state index is 11.4. The van der Waals surface area contributed by atoms with Crippen LogP contribution in [0.2, 0.25) is 0 Å². The Hall–Kier alpha value is -3.27. The molecule has 1 aliphatic rings. The van der Waals surface area contributed by atoms with Crippen LogP contribution in [0.15, 0.2) is 66.7 Å². The second kappa shape index (κ2) is 9.04. The average molecular weight is 402 g/mol. The number of rotatable bonds is 9. The average Bonchev–Trinajstić information content (AvgIpc) is 3.03. The molecular formula is C26H26O4. The van der Waals surface area contributed by atoms with Gasteiger partial charge in [0.05, 0.1) is 19.6 Å². The van der Waals surface area contributed by atoms with E-state index >= 15 is 0 Å². The first-order valence-corrected chi connectivity index (χ1v) is 10.4. The zero-order valence-electron chi connectivity index (χ0n) is 17.1. The van der Waals surface area contributed by atoms with Gasteiger partial charge >= 0.3 is 5.97 Å². The fourth-order valence-electron chi connectivity index (χ4n) is 4.06. The summed E-state index contributed by atoms with van der Waals surface area (Å²) in [6.45, 7) is 3.32. The van der Waals surface area contributed by atoms with E-state index in [1.165, 1.54) is 5.56 Å². The Kier molecular flexibility index (Phi) is 6.03. The van der Waals surface area contributed by atoms with Gasteiger partial charge < -0.3 is 14.6 Å². The molecule has 3 aromatic rings. The van der Waals surface area contributed by atoms with Crippen LogP contribution in [0.4, 0.5) is 0 Å². The molecule has 0 radical (unpaired) electrons. The van der Waals surface area contributed by atoms with Crippen molar-refractivity contribution in [1.29, 1.82) is 0 Å². The molecule has 1 atom stereocenters. The Balaban J connectivity index is 1.33. The molecule has 3 aromatic carbocycles. The number of hydrogen-bond acceptors (Lipinski definition) is 3. The van der Waals surface area contributed by atoms with Crippen LogP contribution in [-0.4, -0.2) is 24.3 Å². The monoisotopic (exact) mass is 402 g/mol. The number of hydrogen-bond donors (Lipinski definition) is 1. The van der Waals surface area contributed by atoms with Crippen LogP contribution in [0.3, 0.4) is 0 Å². The van der Waals surface area contributed by atoms with Gasteiger partial charge in [-0.25, -0.2) is 0 Å². The van der Waals surface area contributed by atoms with Crippen LogP contribution in [-0.2, 0) is 4.79 Å². The van der Waals surface area contributed by atoms with Crippen molar-refractivity contribution in [1.82, 2.24) is 0 Å². The van der Waals surface area contributed by atoms with Crippen molar-refractivity contribution in [3.8, 4) is 22.6 Å². The van der Waals surface area contributed by atoms with Crippen molar-refractivity contribution in [2.24, 2.45) is 0 Å². The highest BCUT2D eigenvalue weighted by atomic mass is 16.5. The van der Waals surface area contributed by atoms with Crippen molar-refractivity contribution in [3.63, 3.8) is 0 Å². The zero-order valence-corrected chi connectivity index (χ0v) is 17.1. The van der Waals surface area contributed by atoms with Crippen molar-refractivity contribution < 1.29 is 19.4 Å².